The molecule has 5 heteroatoms. The summed E-state index contributed by atoms with van der Waals surface area (Å²) in [5.41, 5.74) is 0.739. The molecule has 1 unspecified atom stereocenters. The molecule has 0 saturated heterocycles. The minimum atomic E-state index is -0.629. The monoisotopic (exact) mass is 266 g/mol. The van der Waals surface area contributed by atoms with Gasteiger partial charge in [0.2, 0.25) is 0 Å². The number of hydrogen-bond donors (Lipinski definition) is 2. The molecule has 5 nitrogen and oxygen atoms in total. The summed E-state index contributed by atoms with van der Waals surface area (Å²) in [6.45, 7) is 5.66. The van der Waals surface area contributed by atoms with E-state index in [9.17, 15) is 15.2 Å². The highest BCUT2D eigenvalue weighted by molar-refractivity contribution is 5.33. The first kappa shape index (κ1) is 15.6. The molecule has 0 aliphatic carbocycles. The highest BCUT2D eigenvalue weighted by Gasteiger charge is 2.11. The largest absolute Gasteiger partial charge is 0.387 e. The Labute approximate surface area is 113 Å². The van der Waals surface area contributed by atoms with Gasteiger partial charge in [0.1, 0.15) is 0 Å². The first-order valence-corrected chi connectivity index (χ1v) is 6.71. The van der Waals surface area contributed by atoms with Crippen LogP contribution in [0.15, 0.2) is 24.3 Å². The van der Waals surface area contributed by atoms with Crippen LogP contribution in [0, 0.1) is 16.0 Å². The Morgan fingerprint density at radius 1 is 1.21 bits per heavy atom. The molecule has 0 heterocycles. The highest BCUT2D eigenvalue weighted by atomic mass is 16.6. The number of nitrogens with zero attached hydrogens (tertiary/aromatic N) is 1. The minimum Gasteiger partial charge on any atom is -0.387 e. The SMILES string of the molecule is CCC(CC)CNCC(O)c1ccc([N+](=O)[O-])cc1. The second-order valence-corrected chi connectivity index (χ2v) is 4.71. The maximum Gasteiger partial charge on any atom is 0.269 e. The zero-order valence-corrected chi connectivity index (χ0v) is 11.5. The van der Waals surface area contributed by atoms with Crippen LogP contribution >= 0.6 is 0 Å². The van der Waals surface area contributed by atoms with E-state index in [0.29, 0.717) is 18.0 Å². The molecule has 0 radical (unpaired) electrons. The number of nitro groups is 1. The van der Waals surface area contributed by atoms with Crippen LogP contribution in [0.3, 0.4) is 0 Å². The van der Waals surface area contributed by atoms with Crippen molar-refractivity contribution in [2.24, 2.45) is 5.92 Å². The maximum atomic E-state index is 10.5. The van der Waals surface area contributed by atoms with Crippen LogP contribution in [0.5, 0.6) is 0 Å². The number of aliphatic hydroxyl groups excluding tert-OH is 1. The fraction of sp³-hybridized carbons (Fsp3) is 0.571. The summed E-state index contributed by atoms with van der Waals surface area (Å²) in [4.78, 5) is 10.1. The summed E-state index contributed by atoms with van der Waals surface area (Å²) in [7, 11) is 0. The van der Waals surface area contributed by atoms with E-state index in [4.69, 9.17) is 0 Å². The normalized spacial score (nSPS) is 12.6. The van der Waals surface area contributed by atoms with Crippen molar-refractivity contribution in [2.45, 2.75) is 32.8 Å². The summed E-state index contributed by atoms with van der Waals surface area (Å²) in [5, 5.41) is 23.7. The molecule has 1 aromatic rings. The zero-order chi connectivity index (χ0) is 14.3. The standard InChI is InChI=1S/C14H22N2O3/c1-3-11(4-2)9-15-10-14(17)12-5-7-13(8-6-12)16(18)19/h5-8,11,14-15,17H,3-4,9-10H2,1-2H3. The lowest BCUT2D eigenvalue weighted by atomic mass is 10.0. The summed E-state index contributed by atoms with van der Waals surface area (Å²) in [6.07, 6.45) is 1.61. The van der Waals surface area contributed by atoms with Crippen molar-refractivity contribution < 1.29 is 10.0 Å². The van der Waals surface area contributed by atoms with Gasteiger partial charge < -0.3 is 10.4 Å². The molecule has 0 saturated carbocycles. The smallest absolute Gasteiger partial charge is 0.269 e. The summed E-state index contributed by atoms with van der Waals surface area (Å²) < 4.78 is 0. The van der Waals surface area contributed by atoms with Crippen molar-refractivity contribution >= 4 is 5.69 Å². The minimum absolute atomic E-state index is 0.0425. The van der Waals surface area contributed by atoms with Gasteiger partial charge in [-0.3, -0.25) is 10.1 Å². The van der Waals surface area contributed by atoms with Gasteiger partial charge in [0, 0.05) is 18.7 Å². The molecule has 1 aromatic carbocycles. The molecule has 19 heavy (non-hydrogen) atoms. The first-order valence-electron chi connectivity index (χ1n) is 6.71. The first-order chi connectivity index (χ1) is 9.08. The second-order valence-electron chi connectivity index (χ2n) is 4.71. The van der Waals surface area contributed by atoms with Crippen molar-refractivity contribution in [1.29, 1.82) is 0 Å². The molecule has 0 aromatic heterocycles. The van der Waals surface area contributed by atoms with Crippen molar-refractivity contribution in [3.05, 3.63) is 39.9 Å². The van der Waals surface area contributed by atoms with Gasteiger partial charge in [-0.2, -0.15) is 0 Å². The molecule has 0 aliphatic rings. The van der Waals surface area contributed by atoms with E-state index in [2.05, 4.69) is 19.2 Å². The molecular weight excluding hydrogens is 244 g/mol. The lowest BCUT2D eigenvalue weighted by Crippen LogP contribution is -2.27. The van der Waals surface area contributed by atoms with Gasteiger partial charge in [-0.05, 0) is 30.2 Å². The Morgan fingerprint density at radius 2 is 1.79 bits per heavy atom. The Morgan fingerprint density at radius 3 is 2.26 bits per heavy atom. The quantitative estimate of drug-likeness (QED) is 0.560. The summed E-state index contributed by atoms with van der Waals surface area (Å²) >= 11 is 0. The summed E-state index contributed by atoms with van der Waals surface area (Å²) in [5.74, 6) is 0.629. The average molecular weight is 266 g/mol. The number of nitro benzene ring substituents is 1. The van der Waals surface area contributed by atoms with Crippen molar-refractivity contribution in [2.75, 3.05) is 13.1 Å². The Bertz CT molecular complexity index is 388. The van der Waals surface area contributed by atoms with E-state index in [1.165, 1.54) is 12.1 Å². The molecule has 0 spiro atoms. The number of hydrogen-bond acceptors (Lipinski definition) is 4. The van der Waals surface area contributed by atoms with Gasteiger partial charge in [0.15, 0.2) is 0 Å². The van der Waals surface area contributed by atoms with Gasteiger partial charge >= 0.3 is 0 Å². The zero-order valence-electron chi connectivity index (χ0n) is 11.5. The van der Waals surface area contributed by atoms with E-state index >= 15 is 0 Å². The molecule has 0 aliphatic heterocycles. The van der Waals surface area contributed by atoms with Gasteiger partial charge in [-0.1, -0.05) is 26.7 Å². The van der Waals surface area contributed by atoms with Gasteiger partial charge in [-0.25, -0.2) is 0 Å². The molecule has 1 atom stereocenters. The molecule has 0 fully saturated rings. The van der Waals surface area contributed by atoms with Crippen LogP contribution in [0.1, 0.15) is 38.4 Å². The molecule has 0 bridgehead atoms. The van der Waals surface area contributed by atoms with Crippen molar-refractivity contribution in [3.8, 4) is 0 Å². The van der Waals surface area contributed by atoms with Crippen LogP contribution in [-0.4, -0.2) is 23.1 Å². The van der Waals surface area contributed by atoms with Crippen LogP contribution in [0.2, 0.25) is 0 Å². The third-order valence-electron chi connectivity index (χ3n) is 3.41. The fourth-order valence-corrected chi connectivity index (χ4v) is 1.94. The van der Waals surface area contributed by atoms with Gasteiger partial charge in [-0.15, -0.1) is 0 Å². The van der Waals surface area contributed by atoms with Gasteiger partial charge in [0.05, 0.1) is 11.0 Å². The van der Waals surface area contributed by atoms with Crippen LogP contribution in [-0.2, 0) is 0 Å². The fourth-order valence-electron chi connectivity index (χ4n) is 1.94. The van der Waals surface area contributed by atoms with E-state index in [1.807, 2.05) is 0 Å². The third kappa shape index (κ3) is 4.96. The van der Waals surface area contributed by atoms with Crippen LogP contribution < -0.4 is 5.32 Å². The van der Waals surface area contributed by atoms with E-state index in [0.717, 1.165) is 19.4 Å². The molecule has 106 valence electrons. The third-order valence-corrected chi connectivity index (χ3v) is 3.41. The van der Waals surface area contributed by atoms with Crippen molar-refractivity contribution in [1.82, 2.24) is 5.32 Å². The Hall–Kier alpha value is -1.46. The average Bonchev–Trinajstić information content (AvgIpc) is 2.43. The van der Waals surface area contributed by atoms with Crippen LogP contribution in [0.4, 0.5) is 5.69 Å². The Kier molecular flexibility index (Phi) is 6.45. The van der Waals surface area contributed by atoms with Gasteiger partial charge in [0.25, 0.3) is 5.69 Å². The maximum absolute atomic E-state index is 10.5. The molecule has 1 rings (SSSR count). The van der Waals surface area contributed by atoms with E-state index in [-0.39, 0.29) is 5.69 Å². The number of benzene rings is 1. The lowest BCUT2D eigenvalue weighted by molar-refractivity contribution is -0.384. The highest BCUT2D eigenvalue weighted by Crippen LogP contribution is 2.17. The van der Waals surface area contributed by atoms with Crippen molar-refractivity contribution in [3.63, 3.8) is 0 Å². The number of aliphatic hydroxyl groups is 1. The Balaban J connectivity index is 2.45. The molecular formula is C14H22N2O3. The van der Waals surface area contributed by atoms with E-state index < -0.39 is 11.0 Å². The summed E-state index contributed by atoms with van der Waals surface area (Å²) in [6, 6.07) is 6.03. The molecule has 2 N–H and O–H groups in total. The van der Waals surface area contributed by atoms with Crippen LogP contribution in [0.25, 0.3) is 0 Å². The topological polar surface area (TPSA) is 75.4 Å². The van der Waals surface area contributed by atoms with E-state index in [1.54, 1.807) is 12.1 Å². The predicted octanol–water partition coefficient (Wildman–Crippen LogP) is 2.65. The number of non-ortho nitro benzene ring substituents is 1. The lowest BCUT2D eigenvalue weighted by Gasteiger charge is -2.16. The number of rotatable bonds is 8. The molecule has 0 amide bonds. The second kappa shape index (κ2) is 7.86. The number of nitrogens with one attached hydrogen (secondary N) is 1. The predicted molar refractivity (Wildman–Crippen MR) is 75.0 cm³/mol.